The first-order valence-electron chi connectivity index (χ1n) is 12.7. The number of methoxy groups -OCH3 is 2. The lowest BCUT2D eigenvalue weighted by molar-refractivity contribution is -0.133. The van der Waals surface area contributed by atoms with E-state index in [9.17, 15) is 13.2 Å². The number of morpholine rings is 1. The fourth-order valence-electron chi connectivity index (χ4n) is 5.13. The van der Waals surface area contributed by atoms with Gasteiger partial charge in [0, 0.05) is 30.9 Å². The van der Waals surface area contributed by atoms with Gasteiger partial charge in [0.05, 0.1) is 38.4 Å². The summed E-state index contributed by atoms with van der Waals surface area (Å²) in [4.78, 5) is 16.9. The largest absolute Gasteiger partial charge is 0.493 e. The van der Waals surface area contributed by atoms with Crippen LogP contribution in [0.5, 0.6) is 11.5 Å². The second-order valence-corrected chi connectivity index (χ2v) is 12.2. The number of rotatable bonds is 8. The van der Waals surface area contributed by atoms with E-state index in [1.54, 1.807) is 49.8 Å². The van der Waals surface area contributed by atoms with Crippen LogP contribution in [0.15, 0.2) is 58.8 Å². The standard InChI is InChI=1S/C28H32N2O6S2/c1-34-24-18-21-11-12-30(28(26-4-3-17-37-26)23(21)19-25(24)35-2)27(31)10-7-20-5-8-22(9-6-20)38(32,33)29-13-15-36-16-14-29/h3-6,8-9,17-19,28H,7,10-16H2,1-2H3/t28-/m1/s1. The number of aryl methyl sites for hydroxylation is 1. The van der Waals surface area contributed by atoms with Gasteiger partial charge in [0.2, 0.25) is 15.9 Å². The number of benzene rings is 2. The summed E-state index contributed by atoms with van der Waals surface area (Å²) >= 11 is 1.63. The summed E-state index contributed by atoms with van der Waals surface area (Å²) in [7, 11) is -0.291. The second kappa shape index (κ2) is 11.4. The lowest BCUT2D eigenvalue weighted by atomic mass is 9.90. The quantitative estimate of drug-likeness (QED) is 0.419. The molecule has 0 N–H and O–H groups in total. The van der Waals surface area contributed by atoms with Crippen LogP contribution in [0.2, 0.25) is 0 Å². The number of nitrogens with zero attached hydrogens (tertiary/aromatic N) is 2. The molecule has 202 valence electrons. The fourth-order valence-corrected chi connectivity index (χ4v) is 7.39. The van der Waals surface area contributed by atoms with E-state index in [0.717, 1.165) is 28.0 Å². The molecular weight excluding hydrogens is 524 g/mol. The first kappa shape index (κ1) is 26.7. The van der Waals surface area contributed by atoms with E-state index in [4.69, 9.17) is 14.2 Å². The zero-order valence-corrected chi connectivity index (χ0v) is 23.2. The summed E-state index contributed by atoms with van der Waals surface area (Å²) < 4.78 is 43.6. The number of hydrogen-bond donors (Lipinski definition) is 0. The number of fused-ring (bicyclic) bond motifs is 1. The molecule has 2 aliphatic heterocycles. The van der Waals surface area contributed by atoms with Crippen molar-refractivity contribution in [2.75, 3.05) is 47.1 Å². The predicted molar refractivity (Wildman–Crippen MR) is 145 cm³/mol. The summed E-state index contributed by atoms with van der Waals surface area (Å²) in [6, 6.07) is 14.8. The molecule has 0 spiro atoms. The zero-order valence-electron chi connectivity index (χ0n) is 21.6. The average molecular weight is 557 g/mol. The van der Waals surface area contributed by atoms with E-state index in [1.165, 1.54) is 4.31 Å². The molecule has 38 heavy (non-hydrogen) atoms. The minimum absolute atomic E-state index is 0.0637. The van der Waals surface area contributed by atoms with Crippen molar-refractivity contribution in [2.24, 2.45) is 0 Å². The number of carbonyl (C=O) groups is 1. The van der Waals surface area contributed by atoms with Crippen LogP contribution in [0, 0.1) is 0 Å². The third-order valence-electron chi connectivity index (χ3n) is 7.17. The maximum atomic E-state index is 13.6. The molecule has 0 unspecified atom stereocenters. The smallest absolute Gasteiger partial charge is 0.243 e. The molecule has 0 bridgehead atoms. The normalized spacial score (nSPS) is 18.2. The predicted octanol–water partition coefficient (Wildman–Crippen LogP) is 3.89. The fraction of sp³-hybridized carbons (Fsp3) is 0.393. The molecule has 0 saturated carbocycles. The molecule has 10 heteroatoms. The third kappa shape index (κ3) is 5.31. The van der Waals surface area contributed by atoms with Crippen molar-refractivity contribution >= 4 is 27.3 Å². The molecule has 0 radical (unpaired) electrons. The topological polar surface area (TPSA) is 85.4 Å². The Morgan fingerprint density at radius 1 is 1.03 bits per heavy atom. The van der Waals surface area contributed by atoms with Crippen LogP contribution in [0.3, 0.4) is 0 Å². The highest BCUT2D eigenvalue weighted by molar-refractivity contribution is 7.89. The van der Waals surface area contributed by atoms with Crippen molar-refractivity contribution in [3.63, 3.8) is 0 Å². The van der Waals surface area contributed by atoms with Gasteiger partial charge < -0.3 is 19.1 Å². The van der Waals surface area contributed by atoms with Gasteiger partial charge in [-0.25, -0.2) is 8.42 Å². The molecule has 3 aromatic rings. The molecule has 1 saturated heterocycles. The van der Waals surface area contributed by atoms with Gasteiger partial charge in [-0.05, 0) is 65.2 Å². The van der Waals surface area contributed by atoms with Gasteiger partial charge >= 0.3 is 0 Å². The summed E-state index contributed by atoms with van der Waals surface area (Å²) in [6.45, 7) is 2.16. The summed E-state index contributed by atoms with van der Waals surface area (Å²) in [5.41, 5.74) is 3.14. The van der Waals surface area contributed by atoms with Gasteiger partial charge in [0.25, 0.3) is 0 Å². The van der Waals surface area contributed by atoms with Crippen LogP contribution >= 0.6 is 11.3 Å². The van der Waals surface area contributed by atoms with Crippen LogP contribution < -0.4 is 9.47 Å². The van der Waals surface area contributed by atoms with E-state index >= 15 is 0 Å². The van der Waals surface area contributed by atoms with Gasteiger partial charge in [0.1, 0.15) is 0 Å². The molecule has 1 amide bonds. The highest BCUT2D eigenvalue weighted by Gasteiger charge is 2.34. The van der Waals surface area contributed by atoms with Gasteiger partial charge in [0.15, 0.2) is 11.5 Å². The lowest BCUT2D eigenvalue weighted by Gasteiger charge is -2.37. The monoisotopic (exact) mass is 556 g/mol. The summed E-state index contributed by atoms with van der Waals surface area (Å²) in [5.74, 6) is 1.40. The van der Waals surface area contributed by atoms with Crippen molar-refractivity contribution in [2.45, 2.75) is 30.2 Å². The van der Waals surface area contributed by atoms with Gasteiger partial charge in [-0.2, -0.15) is 4.31 Å². The summed E-state index contributed by atoms with van der Waals surface area (Å²) in [6.07, 6.45) is 1.60. The number of hydrogen-bond acceptors (Lipinski definition) is 7. The van der Waals surface area contributed by atoms with Crippen LogP contribution in [0.4, 0.5) is 0 Å². The van der Waals surface area contributed by atoms with Crippen LogP contribution in [-0.4, -0.2) is 70.6 Å². The number of amides is 1. The maximum absolute atomic E-state index is 13.6. The minimum atomic E-state index is -3.54. The Bertz CT molecular complexity index is 1370. The van der Waals surface area contributed by atoms with E-state index in [2.05, 4.69) is 6.07 Å². The molecule has 8 nitrogen and oxygen atoms in total. The van der Waals surface area contributed by atoms with Crippen molar-refractivity contribution < 1.29 is 27.4 Å². The summed E-state index contributed by atoms with van der Waals surface area (Å²) in [5, 5.41) is 2.03. The van der Waals surface area contributed by atoms with Crippen LogP contribution in [0.1, 0.15) is 34.0 Å². The first-order chi connectivity index (χ1) is 18.4. The van der Waals surface area contributed by atoms with Gasteiger partial charge in [-0.15, -0.1) is 11.3 Å². The van der Waals surface area contributed by atoms with E-state index in [1.807, 2.05) is 28.5 Å². The second-order valence-electron chi connectivity index (χ2n) is 9.32. The first-order valence-corrected chi connectivity index (χ1v) is 15.0. The van der Waals surface area contributed by atoms with E-state index < -0.39 is 10.0 Å². The molecule has 3 heterocycles. The Balaban J connectivity index is 1.32. The number of sulfonamides is 1. The molecular formula is C28H32N2O6S2. The van der Waals surface area contributed by atoms with E-state index in [0.29, 0.717) is 57.2 Å². The van der Waals surface area contributed by atoms with Crippen molar-refractivity contribution in [1.29, 1.82) is 0 Å². The number of ether oxygens (including phenoxy) is 3. The SMILES string of the molecule is COc1cc2c(cc1OC)[C@H](c1cccs1)N(C(=O)CCc1ccc(S(=O)(=O)N3CCOCC3)cc1)CC2. The molecule has 2 aromatic carbocycles. The molecule has 2 aliphatic rings. The van der Waals surface area contributed by atoms with Gasteiger partial charge in [-0.3, -0.25) is 4.79 Å². The van der Waals surface area contributed by atoms with Crippen molar-refractivity contribution in [3.05, 3.63) is 75.5 Å². The van der Waals surface area contributed by atoms with Crippen molar-refractivity contribution in [1.82, 2.24) is 9.21 Å². The molecule has 1 aromatic heterocycles. The number of carbonyl (C=O) groups excluding carboxylic acids is 1. The van der Waals surface area contributed by atoms with Crippen molar-refractivity contribution in [3.8, 4) is 11.5 Å². The van der Waals surface area contributed by atoms with Gasteiger partial charge in [-0.1, -0.05) is 18.2 Å². The molecule has 5 rings (SSSR count). The Morgan fingerprint density at radius 2 is 1.74 bits per heavy atom. The maximum Gasteiger partial charge on any atom is 0.243 e. The Hall–Kier alpha value is -2.92. The Morgan fingerprint density at radius 3 is 2.39 bits per heavy atom. The minimum Gasteiger partial charge on any atom is -0.493 e. The highest BCUT2D eigenvalue weighted by atomic mass is 32.2. The van der Waals surface area contributed by atoms with Crippen LogP contribution in [-0.2, 0) is 32.4 Å². The lowest BCUT2D eigenvalue weighted by Crippen LogP contribution is -2.40. The third-order valence-corrected chi connectivity index (χ3v) is 10.0. The highest BCUT2D eigenvalue weighted by Crippen LogP contribution is 2.42. The van der Waals surface area contributed by atoms with Crippen LogP contribution in [0.25, 0.3) is 0 Å². The number of thiophene rings is 1. The Kier molecular flexibility index (Phi) is 8.04. The zero-order chi connectivity index (χ0) is 26.7. The van der Waals surface area contributed by atoms with E-state index in [-0.39, 0.29) is 16.8 Å². The Labute approximate surface area is 227 Å². The average Bonchev–Trinajstić information content (AvgIpc) is 3.50. The molecule has 1 atom stereocenters. The molecule has 1 fully saturated rings. The molecule has 0 aliphatic carbocycles.